The zero-order valence-corrected chi connectivity index (χ0v) is 10.3. The minimum Gasteiger partial charge on any atom is -0.388 e. The van der Waals surface area contributed by atoms with Gasteiger partial charge < -0.3 is 10.4 Å². The standard InChI is InChI=1S/C12H17ClFNO/c1-3-12(16,4-2)8-15-11-7-9(14)5-6-10(11)13/h5-7,15-16H,3-4,8H2,1-2H3. The van der Waals surface area contributed by atoms with Crippen LogP contribution in [0.3, 0.4) is 0 Å². The number of halogens is 2. The molecule has 90 valence electrons. The van der Waals surface area contributed by atoms with Crippen molar-refractivity contribution in [1.82, 2.24) is 0 Å². The summed E-state index contributed by atoms with van der Waals surface area (Å²) in [6, 6.07) is 4.13. The van der Waals surface area contributed by atoms with Crippen LogP contribution in [-0.4, -0.2) is 17.3 Å². The zero-order valence-electron chi connectivity index (χ0n) is 9.56. The van der Waals surface area contributed by atoms with Crippen LogP contribution in [0.25, 0.3) is 0 Å². The van der Waals surface area contributed by atoms with Crippen molar-refractivity contribution >= 4 is 17.3 Å². The van der Waals surface area contributed by atoms with Gasteiger partial charge in [0, 0.05) is 6.54 Å². The van der Waals surface area contributed by atoms with Crippen LogP contribution in [0.5, 0.6) is 0 Å². The van der Waals surface area contributed by atoms with Crippen LogP contribution in [0.4, 0.5) is 10.1 Å². The summed E-state index contributed by atoms with van der Waals surface area (Å²) in [7, 11) is 0. The molecule has 0 saturated carbocycles. The lowest BCUT2D eigenvalue weighted by Crippen LogP contribution is -2.35. The van der Waals surface area contributed by atoms with Gasteiger partial charge in [0.05, 0.1) is 16.3 Å². The Kier molecular flexibility index (Phi) is 4.56. The normalized spacial score (nSPS) is 11.6. The molecule has 0 aliphatic carbocycles. The molecule has 0 fully saturated rings. The van der Waals surface area contributed by atoms with Crippen LogP contribution in [-0.2, 0) is 0 Å². The van der Waals surface area contributed by atoms with Gasteiger partial charge in [0.1, 0.15) is 5.82 Å². The maximum Gasteiger partial charge on any atom is 0.125 e. The average Bonchev–Trinajstić information content (AvgIpc) is 2.30. The smallest absolute Gasteiger partial charge is 0.125 e. The number of benzene rings is 1. The van der Waals surface area contributed by atoms with E-state index in [1.165, 1.54) is 18.2 Å². The lowest BCUT2D eigenvalue weighted by molar-refractivity contribution is 0.0457. The molecule has 0 spiro atoms. The largest absolute Gasteiger partial charge is 0.388 e. The monoisotopic (exact) mass is 245 g/mol. The molecule has 2 N–H and O–H groups in total. The van der Waals surface area contributed by atoms with E-state index in [4.69, 9.17) is 11.6 Å². The van der Waals surface area contributed by atoms with E-state index in [0.717, 1.165) is 0 Å². The molecule has 2 nitrogen and oxygen atoms in total. The third-order valence-corrected chi connectivity index (χ3v) is 3.18. The van der Waals surface area contributed by atoms with Crippen molar-refractivity contribution in [2.45, 2.75) is 32.3 Å². The second-order valence-electron chi connectivity index (χ2n) is 3.91. The SMILES string of the molecule is CCC(O)(CC)CNc1cc(F)ccc1Cl. The highest BCUT2D eigenvalue weighted by atomic mass is 35.5. The van der Waals surface area contributed by atoms with Crippen molar-refractivity contribution in [3.63, 3.8) is 0 Å². The fourth-order valence-electron chi connectivity index (χ4n) is 1.39. The Morgan fingerprint density at radius 1 is 1.38 bits per heavy atom. The molecular weight excluding hydrogens is 229 g/mol. The van der Waals surface area contributed by atoms with Crippen LogP contribution in [0.15, 0.2) is 18.2 Å². The molecule has 0 aliphatic heterocycles. The zero-order chi connectivity index (χ0) is 12.2. The third-order valence-electron chi connectivity index (χ3n) is 2.85. The third kappa shape index (κ3) is 3.35. The second-order valence-corrected chi connectivity index (χ2v) is 4.32. The summed E-state index contributed by atoms with van der Waals surface area (Å²) in [5.41, 5.74) is -0.252. The predicted molar refractivity (Wildman–Crippen MR) is 65.4 cm³/mol. The molecule has 1 aromatic carbocycles. The number of hydrogen-bond acceptors (Lipinski definition) is 2. The summed E-state index contributed by atoms with van der Waals surface area (Å²) in [4.78, 5) is 0. The van der Waals surface area contributed by atoms with E-state index < -0.39 is 5.60 Å². The molecule has 0 atom stereocenters. The van der Waals surface area contributed by atoms with Gasteiger partial charge in [0.2, 0.25) is 0 Å². The lowest BCUT2D eigenvalue weighted by atomic mass is 9.97. The second kappa shape index (κ2) is 5.51. The first-order chi connectivity index (χ1) is 7.50. The molecule has 4 heteroatoms. The molecule has 1 aromatic rings. The first kappa shape index (κ1) is 13.3. The maximum absolute atomic E-state index is 13.0. The van der Waals surface area contributed by atoms with E-state index >= 15 is 0 Å². The summed E-state index contributed by atoms with van der Waals surface area (Å²) in [5, 5.41) is 13.5. The molecule has 0 amide bonds. The molecule has 16 heavy (non-hydrogen) atoms. The summed E-state index contributed by atoms with van der Waals surface area (Å²) < 4.78 is 13.0. The van der Waals surface area contributed by atoms with Gasteiger partial charge in [0.25, 0.3) is 0 Å². The van der Waals surface area contributed by atoms with E-state index in [-0.39, 0.29) is 5.82 Å². The minimum absolute atomic E-state index is 0.344. The van der Waals surface area contributed by atoms with Crippen molar-refractivity contribution in [2.75, 3.05) is 11.9 Å². The van der Waals surface area contributed by atoms with Gasteiger partial charge in [-0.05, 0) is 31.0 Å². The fourth-order valence-corrected chi connectivity index (χ4v) is 1.58. The Balaban J connectivity index is 2.70. The number of nitrogens with one attached hydrogen (secondary N) is 1. The summed E-state index contributed by atoms with van der Waals surface area (Å²) in [6.45, 7) is 4.19. The molecule has 0 heterocycles. The minimum atomic E-state index is -0.768. The summed E-state index contributed by atoms with van der Waals surface area (Å²) in [5.74, 6) is -0.344. The highest BCUT2D eigenvalue weighted by molar-refractivity contribution is 6.33. The maximum atomic E-state index is 13.0. The summed E-state index contributed by atoms with van der Waals surface area (Å²) in [6.07, 6.45) is 1.28. The van der Waals surface area contributed by atoms with Crippen molar-refractivity contribution in [2.24, 2.45) is 0 Å². The summed E-state index contributed by atoms with van der Waals surface area (Å²) >= 11 is 5.90. The van der Waals surface area contributed by atoms with Crippen LogP contribution in [0.1, 0.15) is 26.7 Å². The van der Waals surface area contributed by atoms with E-state index in [1.54, 1.807) is 0 Å². The van der Waals surface area contributed by atoms with Crippen LogP contribution >= 0.6 is 11.6 Å². The molecule has 0 unspecified atom stereocenters. The van der Waals surface area contributed by atoms with Gasteiger partial charge in [-0.1, -0.05) is 25.4 Å². The van der Waals surface area contributed by atoms with E-state index in [0.29, 0.717) is 30.1 Å². The molecule has 0 bridgehead atoms. The van der Waals surface area contributed by atoms with Crippen molar-refractivity contribution in [1.29, 1.82) is 0 Å². The van der Waals surface area contributed by atoms with Crippen LogP contribution in [0.2, 0.25) is 5.02 Å². The van der Waals surface area contributed by atoms with Gasteiger partial charge in [-0.3, -0.25) is 0 Å². The quantitative estimate of drug-likeness (QED) is 0.833. The van der Waals surface area contributed by atoms with Crippen LogP contribution < -0.4 is 5.32 Å². The topological polar surface area (TPSA) is 32.3 Å². The fraction of sp³-hybridized carbons (Fsp3) is 0.500. The number of aliphatic hydroxyl groups is 1. The number of rotatable bonds is 5. The van der Waals surface area contributed by atoms with Gasteiger partial charge >= 0.3 is 0 Å². The highest BCUT2D eigenvalue weighted by Gasteiger charge is 2.21. The molecule has 0 aliphatic rings. The van der Waals surface area contributed by atoms with Crippen molar-refractivity contribution < 1.29 is 9.50 Å². The average molecular weight is 246 g/mol. The molecule has 1 rings (SSSR count). The van der Waals surface area contributed by atoms with Gasteiger partial charge in [-0.15, -0.1) is 0 Å². The van der Waals surface area contributed by atoms with Gasteiger partial charge in [0.15, 0.2) is 0 Å². The molecule has 0 radical (unpaired) electrons. The van der Waals surface area contributed by atoms with E-state index in [1.807, 2.05) is 13.8 Å². The van der Waals surface area contributed by atoms with Crippen LogP contribution in [0, 0.1) is 5.82 Å². The molecule has 0 saturated heterocycles. The van der Waals surface area contributed by atoms with Gasteiger partial charge in [-0.2, -0.15) is 0 Å². The first-order valence-corrected chi connectivity index (χ1v) is 5.80. The van der Waals surface area contributed by atoms with Crippen molar-refractivity contribution in [3.05, 3.63) is 29.0 Å². The van der Waals surface area contributed by atoms with Gasteiger partial charge in [-0.25, -0.2) is 4.39 Å². The number of anilines is 1. The molecule has 0 aromatic heterocycles. The Hall–Kier alpha value is -0.800. The highest BCUT2D eigenvalue weighted by Crippen LogP contribution is 2.24. The first-order valence-electron chi connectivity index (χ1n) is 5.42. The van der Waals surface area contributed by atoms with E-state index in [2.05, 4.69) is 5.32 Å². The van der Waals surface area contributed by atoms with E-state index in [9.17, 15) is 9.50 Å². The Labute approximate surface area is 100 Å². The Morgan fingerprint density at radius 3 is 2.56 bits per heavy atom. The molecular formula is C12H17ClFNO. The number of hydrogen-bond donors (Lipinski definition) is 2. The predicted octanol–water partition coefficient (Wildman–Crippen LogP) is 3.44. The Bertz CT molecular complexity index is 353. The lowest BCUT2D eigenvalue weighted by Gasteiger charge is -2.26. The van der Waals surface area contributed by atoms with Crippen molar-refractivity contribution in [3.8, 4) is 0 Å². The Morgan fingerprint density at radius 2 is 2.00 bits per heavy atom.